The van der Waals surface area contributed by atoms with Gasteiger partial charge in [-0.15, -0.1) is 0 Å². The van der Waals surface area contributed by atoms with E-state index in [1.54, 1.807) is 0 Å². The number of carbonyl (C=O) groups is 1. The van der Waals surface area contributed by atoms with Gasteiger partial charge in [-0.25, -0.2) is 4.79 Å². The van der Waals surface area contributed by atoms with Gasteiger partial charge in [0.05, 0.1) is 5.69 Å². The topological polar surface area (TPSA) is 54.1 Å². The minimum atomic E-state index is -0.535. The summed E-state index contributed by atoms with van der Waals surface area (Å²) in [6.07, 6.45) is -0.512. The van der Waals surface area contributed by atoms with E-state index in [-0.39, 0.29) is 0 Å². The largest absolute Gasteiger partial charge is 0.444 e. The number of nitrogens with one attached hydrogen (secondary N) is 2. The zero-order valence-corrected chi connectivity index (χ0v) is 11.9. The molecule has 1 heterocycles. The van der Waals surface area contributed by atoms with Gasteiger partial charge in [-0.1, -0.05) is 30.4 Å². The van der Waals surface area contributed by atoms with E-state index in [4.69, 9.17) is 17.0 Å². The molecule has 0 unspecified atom stereocenters. The van der Waals surface area contributed by atoms with Crippen LogP contribution in [0.1, 0.15) is 20.8 Å². The number of carbonyl (C=O) groups excluding carboxylic acids is 1. The normalized spacial score (nSPS) is 11.3. The van der Waals surface area contributed by atoms with Crippen LogP contribution in [0.15, 0.2) is 30.3 Å². The van der Waals surface area contributed by atoms with Crippen molar-refractivity contribution in [3.8, 4) is 0 Å². The van der Waals surface area contributed by atoms with Crippen LogP contribution < -0.4 is 5.32 Å². The first kappa shape index (κ1) is 13.5. The minimum Gasteiger partial charge on any atom is -0.444 e. The average Bonchev–Trinajstić information content (AvgIpc) is 2.27. The Kier molecular flexibility index (Phi) is 3.57. The molecule has 2 aromatic rings. The molecule has 19 heavy (non-hydrogen) atoms. The van der Waals surface area contributed by atoms with Gasteiger partial charge in [0.15, 0.2) is 0 Å². The minimum absolute atomic E-state index is 0.476. The highest BCUT2D eigenvalue weighted by molar-refractivity contribution is 7.71. The Bertz CT molecular complexity index is 671. The maximum atomic E-state index is 11.7. The number of anilines is 1. The highest BCUT2D eigenvalue weighted by Gasteiger charge is 2.16. The average molecular weight is 276 g/mol. The van der Waals surface area contributed by atoms with Gasteiger partial charge in [0.1, 0.15) is 10.2 Å². The lowest BCUT2D eigenvalue weighted by molar-refractivity contribution is 0.0636. The fourth-order valence-electron chi connectivity index (χ4n) is 1.65. The number of pyridine rings is 1. The van der Waals surface area contributed by atoms with Crippen molar-refractivity contribution in [3.63, 3.8) is 0 Å². The molecule has 0 aliphatic heterocycles. The summed E-state index contributed by atoms with van der Waals surface area (Å²) in [6.45, 7) is 5.44. The van der Waals surface area contributed by atoms with Crippen LogP contribution in [0.5, 0.6) is 0 Å². The first-order chi connectivity index (χ1) is 8.85. The number of H-pyrrole nitrogens is 1. The third-order valence-corrected chi connectivity index (χ3v) is 2.71. The van der Waals surface area contributed by atoms with Crippen LogP contribution in [0.4, 0.5) is 10.5 Å². The summed E-state index contributed by atoms with van der Waals surface area (Å²) < 4.78 is 5.67. The molecule has 1 aromatic heterocycles. The maximum Gasteiger partial charge on any atom is 0.412 e. The fraction of sp³-hybridized carbons (Fsp3) is 0.286. The Balaban J connectivity index is 2.28. The predicted molar refractivity (Wildman–Crippen MR) is 79.0 cm³/mol. The van der Waals surface area contributed by atoms with Crippen molar-refractivity contribution < 1.29 is 9.53 Å². The number of benzene rings is 1. The Morgan fingerprint density at radius 1 is 1.32 bits per heavy atom. The lowest BCUT2D eigenvalue weighted by atomic mass is 10.2. The molecule has 0 aliphatic carbocycles. The summed E-state index contributed by atoms with van der Waals surface area (Å²) in [4.78, 5) is 14.8. The molecule has 2 N–H and O–H groups in total. The van der Waals surface area contributed by atoms with Crippen LogP contribution in [0, 0.1) is 4.64 Å². The van der Waals surface area contributed by atoms with Gasteiger partial charge in [-0.2, -0.15) is 0 Å². The summed E-state index contributed by atoms with van der Waals surface area (Å²) >= 11 is 5.21. The molecule has 0 spiro atoms. The van der Waals surface area contributed by atoms with Gasteiger partial charge in [0.2, 0.25) is 0 Å². The summed E-state index contributed by atoms with van der Waals surface area (Å²) in [5, 5.41) is 3.64. The van der Waals surface area contributed by atoms with Crippen molar-refractivity contribution in [1.82, 2.24) is 4.98 Å². The Labute approximate surface area is 116 Å². The number of ether oxygens (including phenoxy) is 1. The van der Waals surface area contributed by atoms with E-state index in [1.165, 1.54) is 0 Å². The van der Waals surface area contributed by atoms with Gasteiger partial charge < -0.3 is 9.72 Å². The van der Waals surface area contributed by atoms with E-state index in [2.05, 4.69) is 10.3 Å². The lowest BCUT2D eigenvalue weighted by Crippen LogP contribution is -2.27. The van der Waals surface area contributed by atoms with Crippen LogP contribution in [0.3, 0.4) is 0 Å². The third-order valence-electron chi connectivity index (χ3n) is 2.39. The molecule has 0 aliphatic rings. The first-order valence-electron chi connectivity index (χ1n) is 5.97. The molecule has 0 atom stereocenters. The molecule has 0 bridgehead atoms. The van der Waals surface area contributed by atoms with Crippen molar-refractivity contribution in [2.24, 2.45) is 0 Å². The van der Waals surface area contributed by atoms with Crippen LogP contribution in [0.25, 0.3) is 10.9 Å². The number of para-hydroxylation sites is 1. The van der Waals surface area contributed by atoms with E-state index in [0.717, 1.165) is 10.9 Å². The number of hydrogen-bond acceptors (Lipinski definition) is 3. The summed E-state index contributed by atoms with van der Waals surface area (Å²) in [5.74, 6) is 0. The van der Waals surface area contributed by atoms with Gasteiger partial charge >= 0.3 is 6.09 Å². The second kappa shape index (κ2) is 5.01. The summed E-state index contributed by atoms with van der Waals surface area (Å²) in [5.41, 5.74) is 0.942. The number of fused-ring (bicyclic) bond motifs is 1. The Hall–Kier alpha value is -1.88. The molecular weight excluding hydrogens is 260 g/mol. The number of amides is 1. The van der Waals surface area contributed by atoms with Gasteiger partial charge in [-0.05, 0) is 32.9 Å². The van der Waals surface area contributed by atoms with Gasteiger partial charge in [0, 0.05) is 10.9 Å². The highest BCUT2D eigenvalue weighted by Crippen LogP contribution is 2.19. The van der Waals surface area contributed by atoms with Gasteiger partial charge in [-0.3, -0.25) is 5.32 Å². The van der Waals surface area contributed by atoms with E-state index < -0.39 is 11.7 Å². The molecule has 0 radical (unpaired) electrons. The molecule has 2 rings (SSSR count). The number of hydrogen-bond donors (Lipinski definition) is 2. The van der Waals surface area contributed by atoms with Crippen molar-refractivity contribution in [2.75, 3.05) is 5.32 Å². The zero-order chi connectivity index (χ0) is 14.0. The standard InChI is InChI=1S/C14H16N2O2S/c1-14(2,3)18-13(17)16-11-8-9-6-4-5-7-10(9)15-12(11)19/h4-8H,1-3H3,(H,15,19)(H,16,17). The molecule has 0 saturated heterocycles. The van der Waals surface area contributed by atoms with Crippen LogP contribution in [0.2, 0.25) is 0 Å². The summed E-state index contributed by atoms with van der Waals surface area (Å²) in [7, 11) is 0. The zero-order valence-electron chi connectivity index (χ0n) is 11.1. The van der Waals surface area contributed by atoms with Crippen LogP contribution in [-0.4, -0.2) is 16.7 Å². The SMILES string of the molecule is CC(C)(C)OC(=O)Nc1cc2ccccc2[nH]c1=S. The highest BCUT2D eigenvalue weighted by atomic mass is 32.1. The van der Waals surface area contributed by atoms with E-state index >= 15 is 0 Å². The Morgan fingerprint density at radius 3 is 2.68 bits per heavy atom. The molecule has 5 heteroatoms. The lowest BCUT2D eigenvalue weighted by Gasteiger charge is -2.19. The number of rotatable bonds is 1. The fourth-order valence-corrected chi connectivity index (χ4v) is 1.87. The summed E-state index contributed by atoms with van der Waals surface area (Å²) in [6, 6.07) is 9.56. The third kappa shape index (κ3) is 3.54. The molecular formula is C14H16N2O2S. The molecule has 4 nitrogen and oxygen atoms in total. The van der Waals surface area contributed by atoms with Crippen LogP contribution in [-0.2, 0) is 4.74 Å². The van der Waals surface area contributed by atoms with Crippen molar-refractivity contribution >= 4 is 34.9 Å². The van der Waals surface area contributed by atoms with E-state index in [1.807, 2.05) is 51.1 Å². The smallest absolute Gasteiger partial charge is 0.412 e. The monoisotopic (exact) mass is 276 g/mol. The molecule has 1 aromatic carbocycles. The molecule has 0 saturated carbocycles. The van der Waals surface area contributed by atoms with E-state index in [0.29, 0.717) is 10.3 Å². The van der Waals surface area contributed by atoms with Crippen LogP contribution >= 0.6 is 12.2 Å². The second-order valence-corrected chi connectivity index (χ2v) is 5.63. The van der Waals surface area contributed by atoms with Crippen molar-refractivity contribution in [3.05, 3.63) is 35.0 Å². The van der Waals surface area contributed by atoms with Crippen molar-refractivity contribution in [1.29, 1.82) is 0 Å². The maximum absolute atomic E-state index is 11.7. The number of aromatic amines is 1. The first-order valence-corrected chi connectivity index (χ1v) is 6.38. The molecule has 0 fully saturated rings. The molecule has 1 amide bonds. The van der Waals surface area contributed by atoms with Gasteiger partial charge in [0.25, 0.3) is 0 Å². The second-order valence-electron chi connectivity index (χ2n) is 5.23. The quantitative estimate of drug-likeness (QED) is 0.766. The molecule has 100 valence electrons. The Morgan fingerprint density at radius 2 is 2.00 bits per heavy atom. The van der Waals surface area contributed by atoms with Crippen molar-refractivity contribution in [2.45, 2.75) is 26.4 Å². The number of aromatic nitrogens is 1. The van der Waals surface area contributed by atoms with E-state index in [9.17, 15) is 4.79 Å². The predicted octanol–water partition coefficient (Wildman–Crippen LogP) is 4.24.